The van der Waals surface area contributed by atoms with Crippen molar-refractivity contribution in [1.29, 1.82) is 0 Å². The number of hydrogen-bond donors (Lipinski definition) is 1. The zero-order valence-electron chi connectivity index (χ0n) is 12.9. The van der Waals surface area contributed by atoms with Crippen LogP contribution in [0.4, 0.5) is 5.69 Å². The van der Waals surface area contributed by atoms with E-state index in [0.717, 1.165) is 17.7 Å². The highest BCUT2D eigenvalue weighted by Crippen LogP contribution is 2.26. The van der Waals surface area contributed by atoms with Crippen LogP contribution in [0.1, 0.15) is 35.1 Å². The minimum Gasteiger partial charge on any atom is -0.491 e. The molecule has 1 aromatic heterocycles. The minimum atomic E-state index is -0.191. The summed E-state index contributed by atoms with van der Waals surface area (Å²) in [6.07, 6.45) is 0.919. The van der Waals surface area contributed by atoms with E-state index in [9.17, 15) is 4.79 Å². The molecular formula is C16H21N3O2. The highest BCUT2D eigenvalue weighted by molar-refractivity contribution is 6.04. The third-order valence-electron chi connectivity index (χ3n) is 3.08. The molecular weight excluding hydrogens is 266 g/mol. The van der Waals surface area contributed by atoms with E-state index in [1.807, 2.05) is 39.0 Å². The van der Waals surface area contributed by atoms with Crippen LogP contribution in [0.2, 0.25) is 0 Å². The molecule has 0 saturated carbocycles. The smallest absolute Gasteiger partial charge is 0.274 e. The molecule has 0 unspecified atom stereocenters. The van der Waals surface area contributed by atoms with Crippen molar-refractivity contribution in [3.05, 3.63) is 41.2 Å². The Kier molecular flexibility index (Phi) is 4.62. The molecule has 1 amide bonds. The number of aromatic nitrogens is 2. The zero-order valence-corrected chi connectivity index (χ0v) is 12.9. The van der Waals surface area contributed by atoms with Gasteiger partial charge in [-0.2, -0.15) is 5.10 Å². The number of amides is 1. The Hall–Kier alpha value is -2.30. The van der Waals surface area contributed by atoms with Crippen molar-refractivity contribution < 1.29 is 9.53 Å². The van der Waals surface area contributed by atoms with Gasteiger partial charge in [-0.3, -0.25) is 9.48 Å². The number of rotatable bonds is 5. The lowest BCUT2D eigenvalue weighted by atomic mass is 10.2. The van der Waals surface area contributed by atoms with Crippen molar-refractivity contribution in [2.75, 3.05) is 11.9 Å². The number of aryl methyl sites for hydroxylation is 3. The summed E-state index contributed by atoms with van der Waals surface area (Å²) < 4.78 is 7.28. The van der Waals surface area contributed by atoms with Gasteiger partial charge in [0.05, 0.1) is 18.0 Å². The van der Waals surface area contributed by atoms with Gasteiger partial charge < -0.3 is 10.1 Å². The summed E-state index contributed by atoms with van der Waals surface area (Å²) in [6, 6.07) is 7.50. The molecule has 0 saturated heterocycles. The first-order valence-corrected chi connectivity index (χ1v) is 7.06. The summed E-state index contributed by atoms with van der Waals surface area (Å²) in [5.41, 5.74) is 3.11. The van der Waals surface area contributed by atoms with Crippen LogP contribution in [0.15, 0.2) is 24.3 Å². The molecule has 2 aromatic rings. The summed E-state index contributed by atoms with van der Waals surface area (Å²) in [7, 11) is 1.76. The second-order valence-electron chi connectivity index (χ2n) is 5.10. The number of carbonyl (C=O) groups is 1. The van der Waals surface area contributed by atoms with E-state index >= 15 is 0 Å². The monoisotopic (exact) mass is 287 g/mol. The molecule has 0 aliphatic rings. The zero-order chi connectivity index (χ0) is 15.4. The molecule has 0 spiro atoms. The standard InChI is InChI=1S/C16H21N3O2/c1-5-8-21-15-9-11(2)6-7-13(15)17-16(20)14-10-12(3)18-19(14)4/h6-7,9-10H,5,8H2,1-4H3,(H,17,20). The lowest BCUT2D eigenvalue weighted by Crippen LogP contribution is -2.16. The van der Waals surface area contributed by atoms with Crippen LogP contribution in [-0.2, 0) is 7.05 Å². The Labute approximate surface area is 124 Å². The van der Waals surface area contributed by atoms with Gasteiger partial charge in [0, 0.05) is 7.05 Å². The van der Waals surface area contributed by atoms with E-state index < -0.39 is 0 Å². The molecule has 0 aliphatic carbocycles. The molecule has 0 fully saturated rings. The molecule has 21 heavy (non-hydrogen) atoms. The number of nitrogens with one attached hydrogen (secondary N) is 1. The van der Waals surface area contributed by atoms with E-state index in [1.165, 1.54) is 0 Å². The fourth-order valence-electron chi connectivity index (χ4n) is 2.07. The van der Waals surface area contributed by atoms with E-state index in [4.69, 9.17) is 4.74 Å². The van der Waals surface area contributed by atoms with E-state index in [1.54, 1.807) is 17.8 Å². The summed E-state index contributed by atoms with van der Waals surface area (Å²) in [4.78, 5) is 12.3. The summed E-state index contributed by atoms with van der Waals surface area (Å²) >= 11 is 0. The summed E-state index contributed by atoms with van der Waals surface area (Å²) in [5, 5.41) is 7.08. The van der Waals surface area contributed by atoms with Crippen molar-refractivity contribution in [3.8, 4) is 5.75 Å². The molecule has 1 heterocycles. The van der Waals surface area contributed by atoms with Gasteiger partial charge >= 0.3 is 0 Å². The van der Waals surface area contributed by atoms with Gasteiger partial charge in [0.2, 0.25) is 0 Å². The van der Waals surface area contributed by atoms with Crippen LogP contribution in [0, 0.1) is 13.8 Å². The van der Waals surface area contributed by atoms with Crippen LogP contribution < -0.4 is 10.1 Å². The van der Waals surface area contributed by atoms with Crippen LogP contribution in [0.25, 0.3) is 0 Å². The Bertz CT molecular complexity index is 647. The maximum absolute atomic E-state index is 12.3. The molecule has 5 heteroatoms. The molecule has 0 aliphatic heterocycles. The number of benzene rings is 1. The van der Waals surface area contributed by atoms with Gasteiger partial charge in [0.15, 0.2) is 0 Å². The maximum Gasteiger partial charge on any atom is 0.274 e. The van der Waals surface area contributed by atoms with Gasteiger partial charge in [-0.25, -0.2) is 0 Å². The first kappa shape index (κ1) is 15.1. The topological polar surface area (TPSA) is 56.1 Å². The Morgan fingerprint density at radius 2 is 2.10 bits per heavy atom. The summed E-state index contributed by atoms with van der Waals surface area (Å²) in [6.45, 7) is 6.52. The van der Waals surface area contributed by atoms with Crippen LogP contribution in [-0.4, -0.2) is 22.3 Å². The third kappa shape index (κ3) is 3.62. The first-order valence-electron chi connectivity index (χ1n) is 7.06. The van der Waals surface area contributed by atoms with E-state index in [0.29, 0.717) is 23.7 Å². The first-order chi connectivity index (χ1) is 10.0. The quantitative estimate of drug-likeness (QED) is 0.919. The van der Waals surface area contributed by atoms with Crippen molar-refractivity contribution in [2.24, 2.45) is 7.05 Å². The van der Waals surface area contributed by atoms with Crippen molar-refractivity contribution in [2.45, 2.75) is 27.2 Å². The molecule has 1 N–H and O–H groups in total. The SMILES string of the molecule is CCCOc1cc(C)ccc1NC(=O)c1cc(C)nn1C. The number of anilines is 1. The van der Waals surface area contributed by atoms with Gasteiger partial charge in [0.25, 0.3) is 5.91 Å². The maximum atomic E-state index is 12.3. The number of hydrogen-bond acceptors (Lipinski definition) is 3. The highest BCUT2D eigenvalue weighted by atomic mass is 16.5. The fourth-order valence-corrected chi connectivity index (χ4v) is 2.07. The molecule has 1 aromatic carbocycles. The molecule has 0 bridgehead atoms. The number of nitrogens with zero attached hydrogens (tertiary/aromatic N) is 2. The van der Waals surface area contributed by atoms with E-state index in [-0.39, 0.29) is 5.91 Å². The normalized spacial score (nSPS) is 10.5. The molecule has 112 valence electrons. The van der Waals surface area contributed by atoms with Crippen LogP contribution >= 0.6 is 0 Å². The lowest BCUT2D eigenvalue weighted by Gasteiger charge is -2.13. The van der Waals surface area contributed by atoms with Gasteiger partial charge in [-0.05, 0) is 44.0 Å². The Morgan fingerprint density at radius 3 is 2.71 bits per heavy atom. The molecule has 0 atom stereocenters. The van der Waals surface area contributed by atoms with Crippen molar-refractivity contribution in [1.82, 2.24) is 9.78 Å². The van der Waals surface area contributed by atoms with Gasteiger partial charge in [0.1, 0.15) is 11.4 Å². The largest absolute Gasteiger partial charge is 0.491 e. The minimum absolute atomic E-state index is 0.191. The van der Waals surface area contributed by atoms with Gasteiger partial charge in [-0.1, -0.05) is 13.0 Å². The predicted octanol–water partition coefficient (Wildman–Crippen LogP) is 3.08. The van der Waals surface area contributed by atoms with Crippen LogP contribution in [0.3, 0.4) is 0 Å². The van der Waals surface area contributed by atoms with Crippen molar-refractivity contribution >= 4 is 11.6 Å². The number of carbonyl (C=O) groups excluding carboxylic acids is 1. The van der Waals surface area contributed by atoms with E-state index in [2.05, 4.69) is 10.4 Å². The molecule has 2 rings (SSSR count). The fraction of sp³-hybridized carbons (Fsp3) is 0.375. The third-order valence-corrected chi connectivity index (χ3v) is 3.08. The predicted molar refractivity (Wildman–Crippen MR) is 82.9 cm³/mol. The Morgan fingerprint density at radius 1 is 1.33 bits per heavy atom. The Balaban J connectivity index is 2.22. The number of ether oxygens (including phenoxy) is 1. The van der Waals surface area contributed by atoms with Crippen molar-refractivity contribution in [3.63, 3.8) is 0 Å². The van der Waals surface area contributed by atoms with Gasteiger partial charge in [-0.15, -0.1) is 0 Å². The lowest BCUT2D eigenvalue weighted by molar-refractivity contribution is 0.101. The van der Waals surface area contributed by atoms with Crippen LogP contribution in [0.5, 0.6) is 5.75 Å². The average molecular weight is 287 g/mol. The average Bonchev–Trinajstić information content (AvgIpc) is 2.78. The molecule has 5 nitrogen and oxygen atoms in total. The molecule has 0 radical (unpaired) electrons. The summed E-state index contributed by atoms with van der Waals surface area (Å²) in [5.74, 6) is 0.507. The highest BCUT2D eigenvalue weighted by Gasteiger charge is 2.14. The second-order valence-corrected chi connectivity index (χ2v) is 5.10. The second kappa shape index (κ2) is 6.43.